The number of hydrogen-bond donors (Lipinski definition) is 1. The normalized spacial score (nSPS) is 9.33. The summed E-state index contributed by atoms with van der Waals surface area (Å²) in [5.74, 6) is -1.09. The van der Waals surface area contributed by atoms with Crippen LogP contribution >= 0.6 is 0 Å². The smallest absolute Gasteiger partial charge is 0.335 e. The fourth-order valence-corrected chi connectivity index (χ4v) is 0.726. The summed E-state index contributed by atoms with van der Waals surface area (Å²) >= 11 is 0. The van der Waals surface area contributed by atoms with Crippen molar-refractivity contribution in [1.29, 1.82) is 0 Å². The lowest BCUT2D eigenvalue weighted by atomic mass is 9.94. The maximum absolute atomic E-state index is 10.3. The Balaban J connectivity index is 3.01. The number of carboxylic acids is 1. The summed E-state index contributed by atoms with van der Waals surface area (Å²) in [4.78, 5) is 19.9. The van der Waals surface area contributed by atoms with Crippen LogP contribution in [0.5, 0.6) is 0 Å². The lowest BCUT2D eigenvalue weighted by Gasteiger charge is -1.92. The predicted octanol–water partition coefficient (Wildman–Crippen LogP) is 1.29. The van der Waals surface area contributed by atoms with Crippen LogP contribution in [0.2, 0.25) is 0 Å². The first-order valence-electron chi connectivity index (χ1n) is 3.09. The van der Waals surface area contributed by atoms with Crippen molar-refractivity contribution in [1.82, 2.24) is 0 Å². The average Bonchev–Trinajstić information content (AvgIpc) is 2.04. The molecule has 0 amide bonds. The van der Waals surface area contributed by atoms with Crippen LogP contribution in [0, 0.1) is 10.1 Å². The van der Waals surface area contributed by atoms with Gasteiger partial charge >= 0.3 is 5.97 Å². The Hall–Kier alpha value is -1.91. The Bertz CT molecular complexity index is 284. The van der Waals surface area contributed by atoms with E-state index < -0.39 is 10.9 Å². The van der Waals surface area contributed by atoms with Gasteiger partial charge in [0.05, 0.1) is 10.5 Å². The number of carbonyl (C=O) groups is 1. The van der Waals surface area contributed by atoms with Crippen LogP contribution in [0.4, 0.5) is 5.69 Å². The minimum Gasteiger partial charge on any atom is -0.478 e. The van der Waals surface area contributed by atoms with E-state index in [0.29, 0.717) is 0 Å². The van der Waals surface area contributed by atoms with Crippen LogP contribution in [-0.2, 0) is 0 Å². The van der Waals surface area contributed by atoms with Gasteiger partial charge in [0.2, 0.25) is 0 Å². The number of benzene rings is 1. The van der Waals surface area contributed by atoms with Crippen molar-refractivity contribution in [3.05, 3.63) is 39.9 Å². The van der Waals surface area contributed by atoms with Crippen molar-refractivity contribution >= 4 is 11.7 Å². The third kappa shape index (κ3) is 1.57. The second kappa shape index (κ2) is 3.00. The molecule has 0 aliphatic rings. The topological polar surface area (TPSA) is 80.4 Å². The molecule has 0 heterocycles. The van der Waals surface area contributed by atoms with Crippen LogP contribution in [0.25, 0.3) is 0 Å². The SMILES string of the molecule is O=[11C](O)c1ccc([N+](=O)[O-])cc1. The van der Waals surface area contributed by atoms with Gasteiger partial charge < -0.3 is 5.11 Å². The Morgan fingerprint density at radius 1 is 1.33 bits per heavy atom. The third-order valence-electron chi connectivity index (χ3n) is 1.33. The first-order chi connectivity index (χ1) is 5.61. The van der Waals surface area contributed by atoms with E-state index in [1.54, 1.807) is 0 Å². The highest BCUT2D eigenvalue weighted by Gasteiger charge is 2.06. The number of aromatic carboxylic acids is 1. The van der Waals surface area contributed by atoms with Gasteiger partial charge in [0.15, 0.2) is 0 Å². The molecule has 62 valence electrons. The minimum atomic E-state index is -1.09. The molecule has 1 rings (SSSR count). The molecule has 0 spiro atoms. The van der Waals surface area contributed by atoms with Gasteiger partial charge in [-0.1, -0.05) is 0 Å². The lowest BCUT2D eigenvalue weighted by Crippen LogP contribution is -1.96. The zero-order valence-electron chi connectivity index (χ0n) is 5.93. The average molecular weight is 166 g/mol. The molecule has 0 unspecified atom stereocenters. The van der Waals surface area contributed by atoms with Crippen molar-refractivity contribution in [3.8, 4) is 0 Å². The van der Waals surface area contributed by atoms with Crippen molar-refractivity contribution in [3.63, 3.8) is 0 Å². The number of nitro groups is 1. The van der Waals surface area contributed by atoms with Crippen LogP contribution < -0.4 is 0 Å². The van der Waals surface area contributed by atoms with Gasteiger partial charge in [0.1, 0.15) is 0 Å². The molecule has 0 bridgehead atoms. The maximum Gasteiger partial charge on any atom is 0.335 e. The zero-order valence-corrected chi connectivity index (χ0v) is 5.93. The number of carboxylic acid groups (broad SMARTS) is 1. The van der Waals surface area contributed by atoms with Crippen LogP contribution in [0.3, 0.4) is 0 Å². The quantitative estimate of drug-likeness (QED) is 0.530. The summed E-state index contributed by atoms with van der Waals surface area (Å²) < 4.78 is 0. The number of hydrogen-bond acceptors (Lipinski definition) is 3. The molecule has 0 atom stereocenters. The van der Waals surface area contributed by atoms with E-state index in [0.717, 1.165) is 12.1 Å². The van der Waals surface area contributed by atoms with E-state index in [-0.39, 0.29) is 11.3 Å². The molecular formula is C7H5NO4. The highest BCUT2D eigenvalue weighted by Crippen LogP contribution is 2.11. The molecule has 0 aliphatic heterocycles. The maximum atomic E-state index is 10.3. The molecule has 1 aromatic carbocycles. The number of nitro benzene ring substituents is 1. The van der Waals surface area contributed by atoms with Crippen LogP contribution in [-0.4, -0.2) is 16.0 Å². The third-order valence-corrected chi connectivity index (χ3v) is 1.33. The minimum absolute atomic E-state index is 0.0422. The number of rotatable bonds is 2. The fraction of sp³-hybridized carbons (Fsp3) is 0. The molecule has 0 saturated heterocycles. The molecule has 0 saturated carbocycles. The summed E-state index contributed by atoms with van der Waals surface area (Å²) in [6.45, 7) is 0. The highest BCUT2D eigenvalue weighted by atomic mass is 16.6. The van der Waals surface area contributed by atoms with Gasteiger partial charge in [0, 0.05) is 12.1 Å². The van der Waals surface area contributed by atoms with Crippen molar-refractivity contribution < 1.29 is 14.8 Å². The Morgan fingerprint density at radius 2 is 1.83 bits per heavy atom. The van der Waals surface area contributed by atoms with Gasteiger partial charge in [-0.3, -0.25) is 10.1 Å². The van der Waals surface area contributed by atoms with Crippen LogP contribution in [0.15, 0.2) is 24.3 Å². The molecule has 0 aliphatic carbocycles. The monoisotopic (exact) mass is 166 g/mol. The predicted molar refractivity (Wildman–Crippen MR) is 40.1 cm³/mol. The van der Waals surface area contributed by atoms with Gasteiger partial charge in [-0.2, -0.15) is 0 Å². The second-order valence-corrected chi connectivity index (χ2v) is 2.11. The molecule has 0 aromatic heterocycles. The molecular weight excluding hydrogens is 161 g/mol. The molecule has 12 heavy (non-hydrogen) atoms. The van der Waals surface area contributed by atoms with Crippen molar-refractivity contribution in [2.45, 2.75) is 0 Å². The fourth-order valence-electron chi connectivity index (χ4n) is 0.726. The number of nitrogens with zero attached hydrogens (tertiary/aromatic N) is 1. The van der Waals surface area contributed by atoms with E-state index in [4.69, 9.17) is 5.11 Å². The van der Waals surface area contributed by atoms with E-state index in [1.807, 2.05) is 0 Å². The first-order valence-corrected chi connectivity index (χ1v) is 3.09. The summed E-state index contributed by atoms with van der Waals surface area (Å²) in [5, 5.41) is 18.6. The van der Waals surface area contributed by atoms with Gasteiger partial charge in [0.25, 0.3) is 5.69 Å². The lowest BCUT2D eigenvalue weighted by molar-refractivity contribution is -0.384. The summed E-state index contributed by atoms with van der Waals surface area (Å²) in [6, 6.07) is 4.70. The molecule has 1 N–H and O–H groups in total. The van der Waals surface area contributed by atoms with Gasteiger partial charge in [-0.25, -0.2) is 4.79 Å². The molecule has 1 aromatic rings. The van der Waals surface area contributed by atoms with E-state index >= 15 is 0 Å². The summed E-state index contributed by atoms with van der Waals surface area (Å²) in [6.07, 6.45) is 0. The second-order valence-electron chi connectivity index (χ2n) is 2.11. The molecule has 5 heteroatoms. The standard InChI is InChI=1S/C7H5NO4/c9-7(10)5-1-3-6(4-2-5)8(11)12/h1-4H,(H,9,10)/i7-1. The Labute approximate surface area is 67.4 Å². The molecule has 0 fully saturated rings. The Kier molecular flexibility index (Phi) is 2.05. The van der Waals surface area contributed by atoms with E-state index in [1.165, 1.54) is 12.1 Å². The van der Waals surface area contributed by atoms with E-state index in [2.05, 4.69) is 0 Å². The highest BCUT2D eigenvalue weighted by molar-refractivity contribution is 5.87. The summed E-state index contributed by atoms with van der Waals surface area (Å²) in [5.41, 5.74) is -0.0689. The number of non-ortho nitro benzene ring substituents is 1. The largest absolute Gasteiger partial charge is 0.478 e. The van der Waals surface area contributed by atoms with Crippen LogP contribution in [0.1, 0.15) is 10.4 Å². The summed E-state index contributed by atoms with van der Waals surface area (Å²) in [7, 11) is 0. The first kappa shape index (κ1) is 8.19. The van der Waals surface area contributed by atoms with Crippen molar-refractivity contribution in [2.24, 2.45) is 0 Å². The van der Waals surface area contributed by atoms with Gasteiger partial charge in [-0.05, 0) is 12.1 Å². The molecule has 0 radical (unpaired) electrons. The van der Waals surface area contributed by atoms with Gasteiger partial charge in [-0.15, -0.1) is 0 Å². The van der Waals surface area contributed by atoms with Crippen molar-refractivity contribution in [2.75, 3.05) is 0 Å². The molecule has 5 nitrogen and oxygen atoms in total. The Morgan fingerprint density at radius 3 is 2.17 bits per heavy atom. The zero-order chi connectivity index (χ0) is 9.14. The van der Waals surface area contributed by atoms with E-state index in [9.17, 15) is 14.9 Å².